The molecule has 0 N–H and O–H groups in total. The van der Waals surface area contributed by atoms with Gasteiger partial charge in [0.2, 0.25) is 0 Å². The molecule has 0 aromatic heterocycles. The first-order valence-electron chi connectivity index (χ1n) is 3.87. The second kappa shape index (κ2) is 2.97. The van der Waals surface area contributed by atoms with Crippen molar-refractivity contribution in [3.63, 3.8) is 0 Å². The summed E-state index contributed by atoms with van der Waals surface area (Å²) in [6, 6.07) is 0. The van der Waals surface area contributed by atoms with Gasteiger partial charge in [-0.15, -0.1) is 11.8 Å². The lowest BCUT2D eigenvalue weighted by Gasteiger charge is -2.05. The van der Waals surface area contributed by atoms with Crippen molar-refractivity contribution in [2.24, 2.45) is 5.92 Å². The van der Waals surface area contributed by atoms with E-state index in [1.54, 1.807) is 4.91 Å². The monoisotopic (exact) mass is 156 g/mol. The first kappa shape index (κ1) is 6.74. The quantitative estimate of drug-likeness (QED) is 0.531. The van der Waals surface area contributed by atoms with E-state index >= 15 is 0 Å². The minimum Gasteiger partial charge on any atom is -0.377 e. The predicted molar refractivity (Wildman–Crippen MR) is 44.1 cm³/mol. The van der Waals surface area contributed by atoms with Crippen LogP contribution in [0.5, 0.6) is 0 Å². The summed E-state index contributed by atoms with van der Waals surface area (Å²) >= 11 is 2.02. The molecule has 0 aromatic carbocycles. The van der Waals surface area contributed by atoms with Gasteiger partial charge in [-0.25, -0.2) is 0 Å². The van der Waals surface area contributed by atoms with Gasteiger partial charge in [-0.2, -0.15) is 0 Å². The highest BCUT2D eigenvalue weighted by Crippen LogP contribution is 2.38. The number of allylic oxidation sites excluding steroid dienone is 1. The summed E-state index contributed by atoms with van der Waals surface area (Å²) in [6.07, 6.45) is 4.88. The maximum Gasteiger partial charge on any atom is 0.0658 e. The minimum absolute atomic E-state index is 0.846. The number of hydrogen-bond donors (Lipinski definition) is 0. The maximum absolute atomic E-state index is 5.34. The Hall–Kier alpha value is 0.0500. The topological polar surface area (TPSA) is 9.23 Å². The van der Waals surface area contributed by atoms with Crippen LogP contribution >= 0.6 is 11.8 Å². The zero-order valence-electron chi connectivity index (χ0n) is 6.01. The van der Waals surface area contributed by atoms with Crippen LogP contribution in [0.1, 0.15) is 12.8 Å². The number of ether oxygens (including phenoxy) is 1. The first-order valence-corrected chi connectivity index (χ1v) is 4.86. The molecule has 0 bridgehead atoms. The third-order valence-corrected chi connectivity index (χ3v) is 3.42. The zero-order chi connectivity index (χ0) is 6.81. The Morgan fingerprint density at radius 1 is 1.50 bits per heavy atom. The van der Waals surface area contributed by atoms with Gasteiger partial charge in [0.25, 0.3) is 0 Å². The Kier molecular flexibility index (Phi) is 2.00. The summed E-state index contributed by atoms with van der Waals surface area (Å²) in [5.74, 6) is 2.18. The average molecular weight is 156 g/mol. The third kappa shape index (κ3) is 1.23. The van der Waals surface area contributed by atoms with Crippen molar-refractivity contribution >= 4 is 11.8 Å². The van der Waals surface area contributed by atoms with Gasteiger partial charge in [-0.3, -0.25) is 0 Å². The molecule has 0 spiro atoms. The summed E-state index contributed by atoms with van der Waals surface area (Å²) in [6.45, 7) is 1.81. The van der Waals surface area contributed by atoms with Gasteiger partial charge in [0, 0.05) is 6.61 Å². The van der Waals surface area contributed by atoms with Crippen LogP contribution in [0, 0.1) is 5.92 Å². The molecular formula is C8H12OS. The normalized spacial score (nSPS) is 32.8. The standard InChI is InChI=1S/C8H12OS/c1-4-9-5-2-8-7(1)3-6-10-8/h2,7H,1,3-6H2. The number of fused-ring (bicyclic) bond motifs is 1. The number of rotatable bonds is 0. The lowest BCUT2D eigenvalue weighted by atomic mass is 10.0. The van der Waals surface area contributed by atoms with E-state index in [4.69, 9.17) is 4.74 Å². The van der Waals surface area contributed by atoms with E-state index < -0.39 is 0 Å². The molecule has 1 nitrogen and oxygen atoms in total. The fourth-order valence-corrected chi connectivity index (χ4v) is 2.84. The van der Waals surface area contributed by atoms with Crippen molar-refractivity contribution in [2.75, 3.05) is 19.0 Å². The fraction of sp³-hybridized carbons (Fsp3) is 0.750. The molecule has 2 heteroatoms. The molecule has 1 atom stereocenters. The first-order chi connectivity index (χ1) is 4.97. The van der Waals surface area contributed by atoms with E-state index in [9.17, 15) is 0 Å². The molecule has 2 aliphatic heterocycles. The van der Waals surface area contributed by atoms with Crippen LogP contribution in [0.25, 0.3) is 0 Å². The molecule has 2 rings (SSSR count). The van der Waals surface area contributed by atoms with Crippen molar-refractivity contribution < 1.29 is 4.74 Å². The Labute approximate surface area is 65.8 Å². The SMILES string of the molecule is C1=C2SCCC2CCOC1. The smallest absolute Gasteiger partial charge is 0.0658 e. The average Bonchev–Trinajstić information content (AvgIpc) is 2.28. The molecule has 2 aliphatic rings. The van der Waals surface area contributed by atoms with Crippen molar-refractivity contribution in [3.8, 4) is 0 Å². The van der Waals surface area contributed by atoms with E-state index in [0.717, 1.165) is 19.1 Å². The molecule has 10 heavy (non-hydrogen) atoms. The number of hydrogen-bond acceptors (Lipinski definition) is 2. The summed E-state index contributed by atoms with van der Waals surface area (Å²) in [4.78, 5) is 1.59. The lowest BCUT2D eigenvalue weighted by Crippen LogP contribution is -1.98. The minimum atomic E-state index is 0.846. The van der Waals surface area contributed by atoms with Crippen LogP contribution in [-0.2, 0) is 4.74 Å². The van der Waals surface area contributed by atoms with Crippen LogP contribution in [0.4, 0.5) is 0 Å². The molecule has 0 amide bonds. The Morgan fingerprint density at radius 2 is 2.50 bits per heavy atom. The largest absolute Gasteiger partial charge is 0.377 e. The molecule has 0 aromatic rings. The number of thioether (sulfide) groups is 1. The highest BCUT2D eigenvalue weighted by atomic mass is 32.2. The highest BCUT2D eigenvalue weighted by molar-refractivity contribution is 8.03. The van der Waals surface area contributed by atoms with Gasteiger partial charge >= 0.3 is 0 Å². The van der Waals surface area contributed by atoms with E-state index in [1.165, 1.54) is 18.6 Å². The zero-order valence-corrected chi connectivity index (χ0v) is 6.82. The predicted octanol–water partition coefficient (Wildman–Crippen LogP) is 2.04. The van der Waals surface area contributed by atoms with E-state index in [2.05, 4.69) is 6.08 Å². The molecule has 1 fully saturated rings. The summed E-state index contributed by atoms with van der Waals surface area (Å²) < 4.78 is 5.34. The van der Waals surface area contributed by atoms with Crippen molar-refractivity contribution in [1.82, 2.24) is 0 Å². The molecule has 2 heterocycles. The van der Waals surface area contributed by atoms with E-state index in [0.29, 0.717) is 0 Å². The molecule has 1 saturated heterocycles. The summed E-state index contributed by atoms with van der Waals surface area (Å²) in [5, 5.41) is 0. The highest BCUT2D eigenvalue weighted by Gasteiger charge is 2.22. The second-order valence-corrected chi connectivity index (χ2v) is 3.97. The fourth-order valence-electron chi connectivity index (χ4n) is 1.54. The molecule has 56 valence electrons. The van der Waals surface area contributed by atoms with Gasteiger partial charge in [-0.1, -0.05) is 0 Å². The van der Waals surface area contributed by atoms with Crippen LogP contribution < -0.4 is 0 Å². The molecule has 0 aliphatic carbocycles. The lowest BCUT2D eigenvalue weighted by molar-refractivity contribution is 0.157. The summed E-state index contributed by atoms with van der Waals surface area (Å²) in [7, 11) is 0. The van der Waals surface area contributed by atoms with Crippen LogP contribution in [0.15, 0.2) is 11.0 Å². The molecule has 0 radical (unpaired) electrons. The molecule has 0 saturated carbocycles. The molecular weight excluding hydrogens is 144 g/mol. The van der Waals surface area contributed by atoms with Crippen molar-refractivity contribution in [1.29, 1.82) is 0 Å². The van der Waals surface area contributed by atoms with Crippen LogP contribution in [0.3, 0.4) is 0 Å². The summed E-state index contributed by atoms with van der Waals surface area (Å²) in [5.41, 5.74) is 0. The molecule has 1 unspecified atom stereocenters. The van der Waals surface area contributed by atoms with Crippen molar-refractivity contribution in [3.05, 3.63) is 11.0 Å². The van der Waals surface area contributed by atoms with Gasteiger partial charge in [0.15, 0.2) is 0 Å². The maximum atomic E-state index is 5.34. The van der Waals surface area contributed by atoms with Gasteiger partial charge in [0.05, 0.1) is 6.61 Å². The van der Waals surface area contributed by atoms with E-state index in [1.807, 2.05) is 11.8 Å². The van der Waals surface area contributed by atoms with Gasteiger partial charge < -0.3 is 4.74 Å². The van der Waals surface area contributed by atoms with E-state index in [-0.39, 0.29) is 0 Å². The van der Waals surface area contributed by atoms with Crippen LogP contribution in [0.2, 0.25) is 0 Å². The Morgan fingerprint density at radius 3 is 3.50 bits per heavy atom. The van der Waals surface area contributed by atoms with Crippen molar-refractivity contribution in [2.45, 2.75) is 12.8 Å². The second-order valence-electron chi connectivity index (χ2n) is 2.80. The Balaban J connectivity index is 2.10. The van der Waals surface area contributed by atoms with Crippen LogP contribution in [-0.4, -0.2) is 19.0 Å². The third-order valence-electron chi connectivity index (χ3n) is 2.15. The van der Waals surface area contributed by atoms with Gasteiger partial charge in [-0.05, 0) is 35.5 Å². The van der Waals surface area contributed by atoms with Gasteiger partial charge in [0.1, 0.15) is 0 Å². The Bertz CT molecular complexity index is 153.